The largest absolute Gasteiger partial charge is 0.455 e. The molecule has 0 saturated heterocycles. The number of benzene rings is 7. The third-order valence-corrected chi connectivity index (χ3v) is 8.76. The van der Waals surface area contributed by atoms with E-state index in [1.807, 2.05) is 42.5 Å². The van der Waals surface area contributed by atoms with E-state index in [1.165, 1.54) is 10.8 Å². The van der Waals surface area contributed by atoms with Crippen LogP contribution in [0.3, 0.4) is 0 Å². The third kappa shape index (κ3) is 4.84. The number of aromatic nitrogens is 3. The molecular weight excluding hydrogens is 574 g/mol. The van der Waals surface area contributed by atoms with Gasteiger partial charge in [0.2, 0.25) is 0 Å². The lowest BCUT2D eigenvalue weighted by Gasteiger charge is -2.13. The van der Waals surface area contributed by atoms with Crippen LogP contribution in [0.2, 0.25) is 0 Å². The van der Waals surface area contributed by atoms with Crippen molar-refractivity contribution in [2.24, 2.45) is 0 Å². The molecule has 0 aliphatic rings. The van der Waals surface area contributed by atoms with Crippen LogP contribution in [-0.4, -0.2) is 15.0 Å². The molecule has 9 aromatic rings. The maximum atomic E-state index is 6.43. The summed E-state index contributed by atoms with van der Waals surface area (Å²) in [6.07, 6.45) is 0. The van der Waals surface area contributed by atoms with Gasteiger partial charge in [-0.2, -0.15) is 0 Å². The average Bonchev–Trinajstić information content (AvgIpc) is 3.54. The molecule has 2 heterocycles. The zero-order valence-electron chi connectivity index (χ0n) is 25.3. The summed E-state index contributed by atoms with van der Waals surface area (Å²) in [5.74, 6) is 1.77. The van der Waals surface area contributed by atoms with Crippen LogP contribution in [0.5, 0.6) is 0 Å². The number of rotatable bonds is 5. The number of furan rings is 1. The fourth-order valence-electron chi connectivity index (χ4n) is 6.40. The average molecular weight is 602 g/mol. The number of para-hydroxylation sites is 2. The number of hydrogen-bond donors (Lipinski definition) is 0. The predicted molar refractivity (Wildman–Crippen MR) is 192 cm³/mol. The molecule has 0 fully saturated rings. The van der Waals surface area contributed by atoms with E-state index in [0.29, 0.717) is 17.5 Å². The van der Waals surface area contributed by atoms with Crippen molar-refractivity contribution in [3.8, 4) is 56.4 Å². The Hall–Kier alpha value is -6.39. The summed E-state index contributed by atoms with van der Waals surface area (Å²) in [6, 6.07) is 56.4. The summed E-state index contributed by atoms with van der Waals surface area (Å²) >= 11 is 0. The minimum atomic E-state index is 0.565. The smallest absolute Gasteiger partial charge is 0.167 e. The Balaban J connectivity index is 1.25. The van der Waals surface area contributed by atoms with Crippen LogP contribution in [0.1, 0.15) is 0 Å². The van der Waals surface area contributed by atoms with E-state index in [4.69, 9.17) is 19.4 Å². The zero-order chi connectivity index (χ0) is 31.2. The van der Waals surface area contributed by atoms with Crippen LogP contribution in [0, 0.1) is 0 Å². The lowest BCUT2D eigenvalue weighted by Crippen LogP contribution is -2.01. The van der Waals surface area contributed by atoms with Crippen LogP contribution in [-0.2, 0) is 0 Å². The first kappa shape index (κ1) is 27.0. The molecular formula is C43H27N3O. The number of nitrogens with zero attached hydrogens (tertiary/aromatic N) is 3. The Morgan fingerprint density at radius 1 is 0.340 bits per heavy atom. The minimum absolute atomic E-state index is 0.565. The van der Waals surface area contributed by atoms with Crippen LogP contribution >= 0.6 is 0 Å². The van der Waals surface area contributed by atoms with Crippen molar-refractivity contribution in [1.82, 2.24) is 15.0 Å². The maximum Gasteiger partial charge on any atom is 0.167 e. The second-order valence-corrected chi connectivity index (χ2v) is 11.6. The van der Waals surface area contributed by atoms with Crippen molar-refractivity contribution in [2.45, 2.75) is 0 Å². The van der Waals surface area contributed by atoms with Crippen molar-refractivity contribution in [2.75, 3.05) is 0 Å². The quantitative estimate of drug-likeness (QED) is 0.197. The molecule has 0 aliphatic heterocycles. The zero-order valence-corrected chi connectivity index (χ0v) is 25.3. The van der Waals surface area contributed by atoms with E-state index in [-0.39, 0.29) is 0 Å². The molecule has 220 valence electrons. The van der Waals surface area contributed by atoms with Crippen molar-refractivity contribution in [1.29, 1.82) is 0 Å². The van der Waals surface area contributed by atoms with Gasteiger partial charge < -0.3 is 4.42 Å². The molecule has 0 bridgehead atoms. The highest BCUT2D eigenvalue weighted by molar-refractivity contribution is 6.09. The van der Waals surface area contributed by atoms with Gasteiger partial charge in [0.1, 0.15) is 11.2 Å². The van der Waals surface area contributed by atoms with Gasteiger partial charge in [0, 0.05) is 21.9 Å². The summed E-state index contributed by atoms with van der Waals surface area (Å²) in [5.41, 5.74) is 8.74. The normalized spacial score (nSPS) is 11.4. The second-order valence-electron chi connectivity index (χ2n) is 11.6. The molecule has 0 unspecified atom stereocenters. The molecule has 0 amide bonds. The van der Waals surface area contributed by atoms with E-state index in [9.17, 15) is 0 Å². The number of hydrogen-bond acceptors (Lipinski definition) is 4. The molecule has 0 atom stereocenters. The second kappa shape index (κ2) is 11.2. The van der Waals surface area contributed by atoms with E-state index in [2.05, 4.69) is 121 Å². The highest BCUT2D eigenvalue weighted by Crippen LogP contribution is 2.37. The van der Waals surface area contributed by atoms with Crippen molar-refractivity contribution < 1.29 is 4.42 Å². The molecule has 0 radical (unpaired) electrons. The lowest BCUT2D eigenvalue weighted by molar-refractivity contribution is 0.669. The van der Waals surface area contributed by atoms with Gasteiger partial charge in [-0.15, -0.1) is 0 Å². The molecule has 47 heavy (non-hydrogen) atoms. The molecule has 2 aromatic heterocycles. The van der Waals surface area contributed by atoms with Crippen LogP contribution in [0.4, 0.5) is 0 Å². The van der Waals surface area contributed by atoms with Gasteiger partial charge in [0.25, 0.3) is 0 Å². The fraction of sp³-hybridized carbons (Fsp3) is 0. The van der Waals surface area contributed by atoms with Gasteiger partial charge in [0.15, 0.2) is 17.5 Å². The highest BCUT2D eigenvalue weighted by Gasteiger charge is 2.19. The first-order chi connectivity index (χ1) is 23.3. The SMILES string of the molecule is c1ccc(-c2ccc(-c3nc(-c4ccccc4-c4ccc5ccccc5c4)nc(-c4cccc5c4oc4ccccc45)n3)cc2)cc1. The Labute approximate surface area is 271 Å². The van der Waals surface area contributed by atoms with E-state index >= 15 is 0 Å². The summed E-state index contributed by atoms with van der Waals surface area (Å²) in [4.78, 5) is 15.4. The predicted octanol–water partition coefficient (Wildman–Crippen LogP) is 11.3. The third-order valence-electron chi connectivity index (χ3n) is 8.76. The first-order valence-electron chi connectivity index (χ1n) is 15.7. The minimum Gasteiger partial charge on any atom is -0.455 e. The molecule has 4 heteroatoms. The van der Waals surface area contributed by atoms with Crippen molar-refractivity contribution in [3.63, 3.8) is 0 Å². The molecule has 0 saturated carbocycles. The topological polar surface area (TPSA) is 51.8 Å². The van der Waals surface area contributed by atoms with E-state index < -0.39 is 0 Å². The van der Waals surface area contributed by atoms with Crippen LogP contribution < -0.4 is 0 Å². The molecule has 4 nitrogen and oxygen atoms in total. The Bertz CT molecular complexity index is 2570. The fourth-order valence-corrected chi connectivity index (χ4v) is 6.40. The van der Waals surface area contributed by atoms with Crippen molar-refractivity contribution in [3.05, 3.63) is 164 Å². The molecule has 0 aliphatic carbocycles. The summed E-state index contributed by atoms with van der Waals surface area (Å²) in [7, 11) is 0. The Morgan fingerprint density at radius 2 is 0.915 bits per heavy atom. The highest BCUT2D eigenvalue weighted by atomic mass is 16.3. The molecule has 0 N–H and O–H groups in total. The van der Waals surface area contributed by atoms with Gasteiger partial charge in [-0.25, -0.2) is 15.0 Å². The summed E-state index contributed by atoms with van der Waals surface area (Å²) < 4.78 is 6.43. The standard InChI is InChI=1S/C43H27N3O/c1-2-11-28(12-3-1)30-21-24-31(25-22-30)41-44-42(37-17-7-6-15-34(37)33-26-23-29-13-4-5-14-32(29)27-33)46-43(45-41)38-19-10-18-36-35-16-8-9-20-39(35)47-40(36)38/h1-27H. The summed E-state index contributed by atoms with van der Waals surface area (Å²) in [6.45, 7) is 0. The van der Waals surface area contributed by atoms with Gasteiger partial charge in [0.05, 0.1) is 5.56 Å². The molecule has 7 aromatic carbocycles. The monoisotopic (exact) mass is 601 g/mol. The van der Waals surface area contributed by atoms with Gasteiger partial charge in [-0.3, -0.25) is 0 Å². The van der Waals surface area contributed by atoms with E-state index in [1.54, 1.807) is 0 Å². The van der Waals surface area contributed by atoms with Crippen LogP contribution in [0.25, 0.3) is 89.1 Å². The van der Waals surface area contributed by atoms with Gasteiger partial charge in [-0.1, -0.05) is 146 Å². The van der Waals surface area contributed by atoms with Crippen LogP contribution in [0.15, 0.2) is 168 Å². The Morgan fingerprint density at radius 3 is 1.77 bits per heavy atom. The number of fused-ring (bicyclic) bond motifs is 4. The molecule has 0 spiro atoms. The van der Waals surface area contributed by atoms with Gasteiger partial charge >= 0.3 is 0 Å². The lowest BCUT2D eigenvalue weighted by atomic mass is 9.96. The first-order valence-corrected chi connectivity index (χ1v) is 15.7. The Kier molecular flexibility index (Phi) is 6.43. The van der Waals surface area contributed by atoms with E-state index in [0.717, 1.165) is 60.9 Å². The maximum absolute atomic E-state index is 6.43. The molecule has 9 rings (SSSR count). The summed E-state index contributed by atoms with van der Waals surface area (Å²) in [5, 5.41) is 4.49. The van der Waals surface area contributed by atoms with Crippen molar-refractivity contribution >= 4 is 32.7 Å². The van der Waals surface area contributed by atoms with Gasteiger partial charge in [-0.05, 0) is 51.2 Å².